The Bertz CT molecular complexity index is 511. The second kappa shape index (κ2) is 10.2. The van der Waals surface area contributed by atoms with Crippen molar-refractivity contribution in [3.05, 3.63) is 60.7 Å². The molecule has 0 bridgehead atoms. The van der Waals surface area contributed by atoms with Gasteiger partial charge < -0.3 is 9.47 Å². The molecule has 0 aromatic heterocycles. The molecule has 4 heteroatoms. The molecule has 0 aliphatic rings. The normalized spacial score (nSPS) is 9.18. The molecule has 0 atom stereocenters. The SMILES string of the molecule is CCC(=O)Oc1ccccc1.CCC(=O)Oc1ccccc1. The summed E-state index contributed by atoms with van der Waals surface area (Å²) in [7, 11) is 0. The van der Waals surface area contributed by atoms with Crippen LogP contribution < -0.4 is 9.47 Å². The Balaban J connectivity index is 0.000000220. The van der Waals surface area contributed by atoms with Crippen LogP contribution >= 0.6 is 0 Å². The fourth-order valence-corrected chi connectivity index (χ4v) is 1.38. The zero-order chi connectivity index (χ0) is 16.2. The van der Waals surface area contributed by atoms with Crippen LogP contribution in [-0.2, 0) is 9.59 Å². The van der Waals surface area contributed by atoms with Gasteiger partial charge in [-0.2, -0.15) is 0 Å². The molecule has 0 heterocycles. The summed E-state index contributed by atoms with van der Waals surface area (Å²) < 4.78 is 9.85. The van der Waals surface area contributed by atoms with E-state index in [1.54, 1.807) is 38.1 Å². The Hall–Kier alpha value is -2.62. The smallest absolute Gasteiger partial charge is 0.310 e. The zero-order valence-electron chi connectivity index (χ0n) is 12.8. The topological polar surface area (TPSA) is 52.6 Å². The van der Waals surface area contributed by atoms with Crippen molar-refractivity contribution in [1.29, 1.82) is 0 Å². The van der Waals surface area contributed by atoms with Gasteiger partial charge in [0.25, 0.3) is 0 Å². The fourth-order valence-electron chi connectivity index (χ4n) is 1.38. The zero-order valence-corrected chi connectivity index (χ0v) is 12.8. The van der Waals surface area contributed by atoms with Gasteiger partial charge >= 0.3 is 11.9 Å². The van der Waals surface area contributed by atoms with Crippen molar-refractivity contribution in [2.45, 2.75) is 26.7 Å². The first-order chi connectivity index (χ1) is 10.7. The van der Waals surface area contributed by atoms with Crippen molar-refractivity contribution in [1.82, 2.24) is 0 Å². The standard InChI is InChI=1S/2C9H10O2/c2*1-2-9(10)11-8-6-4-3-5-7-8/h2*3-7H,2H2,1H3. The lowest BCUT2D eigenvalue weighted by Crippen LogP contribution is -2.04. The molecule has 0 unspecified atom stereocenters. The van der Waals surface area contributed by atoms with E-state index in [1.807, 2.05) is 36.4 Å². The molecule has 0 aliphatic carbocycles. The van der Waals surface area contributed by atoms with E-state index in [0.29, 0.717) is 24.3 Å². The monoisotopic (exact) mass is 300 g/mol. The van der Waals surface area contributed by atoms with Gasteiger partial charge in [0.15, 0.2) is 0 Å². The number of esters is 2. The quantitative estimate of drug-likeness (QED) is 0.632. The Labute approximate surface area is 130 Å². The second-order valence-electron chi connectivity index (χ2n) is 4.28. The van der Waals surface area contributed by atoms with E-state index >= 15 is 0 Å². The van der Waals surface area contributed by atoms with Crippen molar-refractivity contribution in [3.8, 4) is 11.5 Å². The van der Waals surface area contributed by atoms with Gasteiger partial charge in [-0.25, -0.2) is 0 Å². The summed E-state index contributed by atoms with van der Waals surface area (Å²) in [5, 5.41) is 0. The first-order valence-electron chi connectivity index (χ1n) is 7.17. The van der Waals surface area contributed by atoms with Gasteiger partial charge in [0, 0.05) is 12.8 Å². The van der Waals surface area contributed by atoms with Crippen molar-refractivity contribution >= 4 is 11.9 Å². The van der Waals surface area contributed by atoms with E-state index in [2.05, 4.69) is 0 Å². The summed E-state index contributed by atoms with van der Waals surface area (Å²) in [6, 6.07) is 18.1. The average Bonchev–Trinajstić information content (AvgIpc) is 2.57. The van der Waals surface area contributed by atoms with E-state index in [0.717, 1.165) is 0 Å². The first kappa shape index (κ1) is 17.4. The largest absolute Gasteiger partial charge is 0.427 e. The number of hydrogen-bond donors (Lipinski definition) is 0. The van der Waals surface area contributed by atoms with Crippen LogP contribution in [0.1, 0.15) is 26.7 Å². The second-order valence-corrected chi connectivity index (χ2v) is 4.28. The van der Waals surface area contributed by atoms with Gasteiger partial charge in [0.05, 0.1) is 0 Å². The molecule has 116 valence electrons. The Morgan fingerprint density at radius 3 is 1.27 bits per heavy atom. The predicted octanol–water partition coefficient (Wildman–Crippen LogP) is 4.00. The molecule has 4 nitrogen and oxygen atoms in total. The van der Waals surface area contributed by atoms with E-state index in [-0.39, 0.29) is 11.9 Å². The molecular formula is C18H20O4. The van der Waals surface area contributed by atoms with Gasteiger partial charge in [-0.3, -0.25) is 9.59 Å². The molecule has 0 radical (unpaired) electrons. The highest BCUT2D eigenvalue weighted by atomic mass is 16.5. The van der Waals surface area contributed by atoms with Crippen LogP contribution in [0, 0.1) is 0 Å². The number of carbonyl (C=O) groups excluding carboxylic acids is 2. The molecule has 2 aromatic carbocycles. The summed E-state index contributed by atoms with van der Waals surface area (Å²) in [5.74, 6) is 0.825. The molecule has 0 aliphatic heterocycles. The minimum atomic E-state index is -0.198. The first-order valence-corrected chi connectivity index (χ1v) is 7.17. The van der Waals surface area contributed by atoms with Gasteiger partial charge in [-0.05, 0) is 24.3 Å². The molecule has 0 saturated carbocycles. The third-order valence-corrected chi connectivity index (χ3v) is 2.53. The van der Waals surface area contributed by atoms with Crippen molar-refractivity contribution in [2.75, 3.05) is 0 Å². The van der Waals surface area contributed by atoms with Crippen LogP contribution in [0.15, 0.2) is 60.7 Å². The predicted molar refractivity (Wildman–Crippen MR) is 84.7 cm³/mol. The van der Waals surface area contributed by atoms with E-state index in [4.69, 9.17) is 9.47 Å². The van der Waals surface area contributed by atoms with Gasteiger partial charge in [0.2, 0.25) is 0 Å². The van der Waals surface area contributed by atoms with Crippen molar-refractivity contribution in [2.24, 2.45) is 0 Å². The van der Waals surface area contributed by atoms with Crippen LogP contribution in [0.4, 0.5) is 0 Å². The summed E-state index contributed by atoms with van der Waals surface area (Å²) in [6.45, 7) is 3.54. The highest BCUT2D eigenvalue weighted by Crippen LogP contribution is 2.09. The summed E-state index contributed by atoms with van der Waals surface area (Å²) in [5.41, 5.74) is 0. The number of rotatable bonds is 4. The molecule has 22 heavy (non-hydrogen) atoms. The molecule has 0 N–H and O–H groups in total. The van der Waals surface area contributed by atoms with Crippen LogP contribution in [0.3, 0.4) is 0 Å². The number of benzene rings is 2. The Morgan fingerprint density at radius 1 is 0.682 bits per heavy atom. The minimum Gasteiger partial charge on any atom is -0.427 e. The molecular weight excluding hydrogens is 280 g/mol. The van der Waals surface area contributed by atoms with Crippen LogP contribution in [0.5, 0.6) is 11.5 Å². The van der Waals surface area contributed by atoms with Crippen molar-refractivity contribution < 1.29 is 19.1 Å². The van der Waals surface area contributed by atoms with E-state index in [9.17, 15) is 9.59 Å². The van der Waals surface area contributed by atoms with Gasteiger partial charge in [0.1, 0.15) is 11.5 Å². The minimum absolute atomic E-state index is 0.198. The van der Waals surface area contributed by atoms with E-state index < -0.39 is 0 Å². The maximum absolute atomic E-state index is 10.8. The van der Waals surface area contributed by atoms with E-state index in [1.165, 1.54) is 0 Å². The highest BCUT2D eigenvalue weighted by Gasteiger charge is 1.99. The summed E-state index contributed by atoms with van der Waals surface area (Å²) >= 11 is 0. The third-order valence-electron chi connectivity index (χ3n) is 2.53. The third kappa shape index (κ3) is 7.24. The van der Waals surface area contributed by atoms with Gasteiger partial charge in [-0.15, -0.1) is 0 Å². The Morgan fingerprint density at radius 2 is 1.00 bits per heavy atom. The average molecular weight is 300 g/mol. The number of hydrogen-bond acceptors (Lipinski definition) is 4. The number of para-hydroxylation sites is 2. The number of ether oxygens (including phenoxy) is 2. The Kier molecular flexibility index (Phi) is 8.05. The molecule has 0 amide bonds. The lowest BCUT2D eigenvalue weighted by Gasteiger charge is -1.99. The maximum Gasteiger partial charge on any atom is 0.310 e. The molecule has 0 spiro atoms. The van der Waals surface area contributed by atoms with Crippen LogP contribution in [0.25, 0.3) is 0 Å². The fraction of sp³-hybridized carbons (Fsp3) is 0.222. The van der Waals surface area contributed by atoms with Crippen LogP contribution in [0.2, 0.25) is 0 Å². The van der Waals surface area contributed by atoms with Crippen molar-refractivity contribution in [3.63, 3.8) is 0 Å². The molecule has 0 saturated heterocycles. The van der Waals surface area contributed by atoms with Crippen LogP contribution in [-0.4, -0.2) is 11.9 Å². The molecule has 0 fully saturated rings. The lowest BCUT2D eigenvalue weighted by atomic mass is 10.3. The lowest BCUT2D eigenvalue weighted by molar-refractivity contribution is -0.134. The maximum atomic E-state index is 10.8. The van der Waals surface area contributed by atoms with Gasteiger partial charge in [-0.1, -0.05) is 50.2 Å². The summed E-state index contributed by atoms with van der Waals surface area (Å²) in [6.07, 6.45) is 0.823. The molecule has 2 aromatic rings. The number of carbonyl (C=O) groups is 2. The molecule has 2 rings (SSSR count). The highest BCUT2D eigenvalue weighted by molar-refractivity contribution is 5.72. The summed E-state index contributed by atoms with van der Waals surface area (Å²) in [4.78, 5) is 21.5.